The van der Waals surface area contributed by atoms with E-state index in [4.69, 9.17) is 0 Å². The van der Waals surface area contributed by atoms with Crippen molar-refractivity contribution in [3.63, 3.8) is 0 Å². The fourth-order valence-electron chi connectivity index (χ4n) is 1.97. The van der Waals surface area contributed by atoms with Crippen LogP contribution in [0.3, 0.4) is 0 Å². The molecule has 0 aliphatic carbocycles. The zero-order valence-corrected chi connectivity index (χ0v) is 10.3. The van der Waals surface area contributed by atoms with Crippen molar-refractivity contribution in [3.05, 3.63) is 12.3 Å². The van der Waals surface area contributed by atoms with Gasteiger partial charge in [-0.1, -0.05) is 0 Å². The van der Waals surface area contributed by atoms with Gasteiger partial charge >= 0.3 is 0 Å². The number of H-pyrrole nitrogens is 1. The molecular formula is C11H19N5O. The summed E-state index contributed by atoms with van der Waals surface area (Å²) >= 11 is 0. The summed E-state index contributed by atoms with van der Waals surface area (Å²) in [7, 11) is 0. The van der Waals surface area contributed by atoms with Crippen LogP contribution in [0, 0.1) is 0 Å². The lowest BCUT2D eigenvalue weighted by molar-refractivity contribution is -0.126. The van der Waals surface area contributed by atoms with Gasteiger partial charge in [0.2, 0.25) is 5.91 Å². The van der Waals surface area contributed by atoms with Gasteiger partial charge in [0.25, 0.3) is 0 Å². The third-order valence-corrected chi connectivity index (χ3v) is 3.21. The predicted molar refractivity (Wildman–Crippen MR) is 65.7 cm³/mol. The molecule has 1 fully saturated rings. The highest BCUT2D eigenvalue weighted by Gasteiger charge is 2.35. The third-order valence-electron chi connectivity index (χ3n) is 3.21. The van der Waals surface area contributed by atoms with Crippen LogP contribution in [0.2, 0.25) is 0 Å². The maximum Gasteiger partial charge on any atom is 0.245 e. The first kappa shape index (κ1) is 12.1. The first-order valence-corrected chi connectivity index (χ1v) is 5.87. The summed E-state index contributed by atoms with van der Waals surface area (Å²) in [5.41, 5.74) is -0.507. The van der Waals surface area contributed by atoms with E-state index in [0.717, 1.165) is 26.2 Å². The second-order valence-corrected chi connectivity index (χ2v) is 4.72. The number of nitrogens with zero attached hydrogens (tertiary/aromatic N) is 2. The van der Waals surface area contributed by atoms with Crippen LogP contribution in [-0.4, -0.2) is 52.7 Å². The van der Waals surface area contributed by atoms with Crippen molar-refractivity contribution < 1.29 is 4.79 Å². The van der Waals surface area contributed by atoms with Crippen LogP contribution >= 0.6 is 0 Å². The summed E-state index contributed by atoms with van der Waals surface area (Å²) in [5, 5.41) is 12.7. The molecule has 0 spiro atoms. The number of carbonyl (C=O) groups excluding carboxylic acids is 1. The van der Waals surface area contributed by atoms with Gasteiger partial charge < -0.3 is 10.6 Å². The molecule has 6 nitrogen and oxygen atoms in total. The molecule has 2 rings (SSSR count). The monoisotopic (exact) mass is 237 g/mol. The van der Waals surface area contributed by atoms with E-state index in [-0.39, 0.29) is 5.91 Å². The van der Waals surface area contributed by atoms with Gasteiger partial charge in [0.1, 0.15) is 5.82 Å². The largest absolute Gasteiger partial charge is 0.314 e. The van der Waals surface area contributed by atoms with Crippen LogP contribution < -0.4 is 10.6 Å². The van der Waals surface area contributed by atoms with E-state index in [2.05, 4.69) is 25.7 Å². The van der Waals surface area contributed by atoms with Gasteiger partial charge in [-0.25, -0.2) is 0 Å². The molecule has 6 heteroatoms. The molecule has 2 heterocycles. The number of carbonyl (C=O) groups is 1. The van der Waals surface area contributed by atoms with Crippen LogP contribution in [0.4, 0.5) is 5.82 Å². The van der Waals surface area contributed by atoms with Crippen molar-refractivity contribution in [2.75, 3.05) is 31.5 Å². The molecule has 1 aliphatic rings. The molecule has 0 bridgehead atoms. The zero-order valence-electron chi connectivity index (χ0n) is 10.3. The van der Waals surface area contributed by atoms with E-state index in [1.807, 2.05) is 13.8 Å². The summed E-state index contributed by atoms with van der Waals surface area (Å²) in [5.74, 6) is 0.627. The Morgan fingerprint density at radius 2 is 2.18 bits per heavy atom. The second kappa shape index (κ2) is 4.85. The Bertz CT molecular complexity index is 367. The lowest BCUT2D eigenvalue weighted by atomic mass is 10.0. The van der Waals surface area contributed by atoms with Crippen LogP contribution in [0.15, 0.2) is 12.3 Å². The van der Waals surface area contributed by atoms with Gasteiger partial charge in [-0.05, 0) is 13.8 Å². The van der Waals surface area contributed by atoms with Crippen LogP contribution in [0.5, 0.6) is 0 Å². The normalized spacial score (nSPS) is 18.0. The molecule has 3 N–H and O–H groups in total. The van der Waals surface area contributed by atoms with Gasteiger partial charge in [-0.3, -0.25) is 14.8 Å². The standard InChI is InChI=1S/C11H19N5O/c1-11(2,16-7-5-12-6-8-16)10(17)14-9-3-4-13-15-9/h3-4,12H,5-8H2,1-2H3,(H2,13,14,15,17). The Kier molecular flexibility index (Phi) is 3.44. The Hall–Kier alpha value is -1.40. The van der Waals surface area contributed by atoms with Gasteiger partial charge in [-0.2, -0.15) is 5.10 Å². The van der Waals surface area contributed by atoms with E-state index in [1.54, 1.807) is 12.3 Å². The summed E-state index contributed by atoms with van der Waals surface area (Å²) in [4.78, 5) is 14.4. The second-order valence-electron chi connectivity index (χ2n) is 4.72. The summed E-state index contributed by atoms with van der Waals surface area (Å²) < 4.78 is 0. The Morgan fingerprint density at radius 3 is 2.76 bits per heavy atom. The number of piperazine rings is 1. The highest BCUT2D eigenvalue weighted by Crippen LogP contribution is 2.17. The van der Waals surface area contributed by atoms with Crippen molar-refractivity contribution in [2.45, 2.75) is 19.4 Å². The quantitative estimate of drug-likeness (QED) is 0.693. The highest BCUT2D eigenvalue weighted by atomic mass is 16.2. The van der Waals surface area contributed by atoms with Crippen molar-refractivity contribution in [1.82, 2.24) is 20.4 Å². The maximum atomic E-state index is 12.2. The topological polar surface area (TPSA) is 73.0 Å². The molecule has 94 valence electrons. The third kappa shape index (κ3) is 2.65. The van der Waals surface area contributed by atoms with Crippen molar-refractivity contribution in [1.29, 1.82) is 0 Å². The zero-order chi connectivity index (χ0) is 12.3. The van der Waals surface area contributed by atoms with Crippen LogP contribution in [0.1, 0.15) is 13.8 Å². The van der Waals surface area contributed by atoms with E-state index in [9.17, 15) is 4.79 Å². The van der Waals surface area contributed by atoms with Gasteiger partial charge in [-0.15, -0.1) is 0 Å². The molecule has 0 radical (unpaired) electrons. The fourth-order valence-corrected chi connectivity index (χ4v) is 1.97. The molecule has 1 aromatic heterocycles. The summed E-state index contributed by atoms with van der Waals surface area (Å²) in [6.45, 7) is 7.54. The average molecular weight is 237 g/mol. The molecule has 0 saturated carbocycles. The van der Waals surface area contributed by atoms with Gasteiger partial charge in [0.15, 0.2) is 0 Å². The molecule has 0 atom stereocenters. The van der Waals surface area contributed by atoms with Crippen LogP contribution in [0.25, 0.3) is 0 Å². The average Bonchev–Trinajstić information content (AvgIpc) is 2.83. The van der Waals surface area contributed by atoms with Gasteiger partial charge in [0.05, 0.1) is 11.7 Å². The van der Waals surface area contributed by atoms with E-state index in [0.29, 0.717) is 5.82 Å². The van der Waals surface area contributed by atoms with Crippen LogP contribution in [-0.2, 0) is 4.79 Å². The SMILES string of the molecule is CC(C)(C(=O)Nc1ccn[nH]1)N1CCNCC1. The van der Waals surface area contributed by atoms with Crippen molar-refractivity contribution in [3.8, 4) is 0 Å². The minimum atomic E-state index is -0.507. The number of hydrogen-bond donors (Lipinski definition) is 3. The number of hydrogen-bond acceptors (Lipinski definition) is 4. The van der Waals surface area contributed by atoms with Crippen molar-refractivity contribution >= 4 is 11.7 Å². The summed E-state index contributed by atoms with van der Waals surface area (Å²) in [6, 6.07) is 1.74. The Labute approximate surface area is 101 Å². The maximum absolute atomic E-state index is 12.2. The predicted octanol–water partition coefficient (Wildman–Crippen LogP) is 0.0320. The number of anilines is 1. The molecule has 0 aromatic carbocycles. The fraction of sp³-hybridized carbons (Fsp3) is 0.636. The van der Waals surface area contributed by atoms with E-state index in [1.165, 1.54) is 0 Å². The van der Waals surface area contributed by atoms with Crippen molar-refractivity contribution in [2.24, 2.45) is 0 Å². The highest BCUT2D eigenvalue weighted by molar-refractivity contribution is 5.96. The molecular weight excluding hydrogens is 218 g/mol. The number of aromatic amines is 1. The number of rotatable bonds is 3. The first-order valence-electron chi connectivity index (χ1n) is 5.87. The molecule has 17 heavy (non-hydrogen) atoms. The van der Waals surface area contributed by atoms with E-state index >= 15 is 0 Å². The number of aromatic nitrogens is 2. The van der Waals surface area contributed by atoms with E-state index < -0.39 is 5.54 Å². The lowest BCUT2D eigenvalue weighted by Gasteiger charge is -2.39. The van der Waals surface area contributed by atoms with Gasteiger partial charge in [0, 0.05) is 32.2 Å². The molecule has 1 aliphatic heterocycles. The Balaban J connectivity index is 2.00. The Morgan fingerprint density at radius 1 is 1.47 bits per heavy atom. The molecule has 1 aromatic rings. The number of nitrogens with one attached hydrogen (secondary N) is 3. The minimum absolute atomic E-state index is 0.0105. The summed E-state index contributed by atoms with van der Waals surface area (Å²) in [6.07, 6.45) is 1.62. The molecule has 1 amide bonds. The smallest absolute Gasteiger partial charge is 0.245 e. The minimum Gasteiger partial charge on any atom is -0.314 e. The molecule has 0 unspecified atom stereocenters. The lowest BCUT2D eigenvalue weighted by Crippen LogP contribution is -2.58. The number of amides is 1. The molecule has 1 saturated heterocycles. The first-order chi connectivity index (χ1) is 8.10.